The van der Waals surface area contributed by atoms with Crippen molar-refractivity contribution in [2.45, 2.75) is 287 Å². The molecule has 0 spiro atoms. The van der Waals surface area contributed by atoms with Gasteiger partial charge in [0.1, 0.15) is 28.0 Å². The van der Waals surface area contributed by atoms with Crippen LogP contribution in [0, 0.1) is 71.0 Å². The van der Waals surface area contributed by atoms with Crippen LogP contribution in [0.3, 0.4) is 0 Å². The monoisotopic (exact) mass is 1180 g/mol. The highest BCUT2D eigenvalue weighted by atomic mass is 16.6. The smallest absolute Gasteiger partial charge is 0.333 e. The van der Waals surface area contributed by atoms with E-state index in [2.05, 4.69) is 60.6 Å². The molecule has 0 aliphatic heterocycles. The molecule has 16 bridgehead atoms. The minimum Gasteiger partial charge on any atom is -0.456 e. The Morgan fingerprint density at radius 1 is 0.400 bits per heavy atom. The van der Waals surface area contributed by atoms with Crippen molar-refractivity contribution >= 4 is 29.8 Å². The van der Waals surface area contributed by atoms with Crippen molar-refractivity contribution in [1.29, 1.82) is 0 Å². The van der Waals surface area contributed by atoms with Crippen LogP contribution in [0.2, 0.25) is 0 Å². The summed E-state index contributed by atoms with van der Waals surface area (Å²) in [7, 11) is 0. The van der Waals surface area contributed by atoms with Crippen LogP contribution in [0.25, 0.3) is 0 Å². The van der Waals surface area contributed by atoms with Crippen molar-refractivity contribution in [3.05, 3.63) is 60.8 Å². The summed E-state index contributed by atoms with van der Waals surface area (Å²) in [5, 5.41) is 31.5. The van der Waals surface area contributed by atoms with E-state index in [1.54, 1.807) is 34.6 Å². The van der Waals surface area contributed by atoms with Crippen LogP contribution >= 0.6 is 0 Å². The Morgan fingerprint density at radius 3 is 1.12 bits per heavy atom. The number of hydrogen-bond acceptors (Lipinski definition) is 13. The summed E-state index contributed by atoms with van der Waals surface area (Å²) in [4.78, 5) is 58.9. The van der Waals surface area contributed by atoms with Gasteiger partial charge in [-0.3, -0.25) is 0 Å². The quantitative estimate of drug-likeness (QED) is 0.0897. The van der Waals surface area contributed by atoms with E-state index in [9.17, 15) is 39.3 Å². The molecule has 13 heteroatoms. The largest absolute Gasteiger partial charge is 0.456 e. The van der Waals surface area contributed by atoms with E-state index in [0.29, 0.717) is 95.0 Å². The van der Waals surface area contributed by atoms with Gasteiger partial charge in [0, 0.05) is 53.5 Å². The maximum absolute atomic E-state index is 12.1. The number of ether oxygens (including phenoxy) is 5. The van der Waals surface area contributed by atoms with Crippen molar-refractivity contribution < 1.29 is 63.0 Å². The highest BCUT2D eigenvalue weighted by molar-refractivity contribution is 5.89. The standard InChI is InChI=1S/C17H26O2.C16H24O2.C14H20O4.C14H20O3.C11H18O2/c1-10(2)16(18)19-17(11(3)4)14-6-12-5-13(8-14)9-15(17)7-12;1-4-16(18-15(17)10(2)3)13-6-11-5-12(8-13)9-14(16)7-11;1-9(2)11(15)18-14-5-10-3-12(16,7-14)6-13(17,4-10)8-14;1-9(2)12(15)17-14-6-10-3-11(7-14)5-13(16,4-10)8-14;1-4-11(7-5-6-8-11)13-10(12)9(2)3/h11-15H,1,5-9H2,2-4H3;11-14H,2,4-9H2,1,3H3;10,16-17H,1,3-8H2,2H3;10-11,16H,1,3-8H2,2H3;2,4-8H2,1,3H3. The van der Waals surface area contributed by atoms with Crippen molar-refractivity contribution in [2.75, 3.05) is 0 Å². The summed E-state index contributed by atoms with van der Waals surface area (Å²) in [5.41, 5.74) is -1.51. The third kappa shape index (κ3) is 13.6. The molecule has 0 aromatic rings. The highest BCUT2D eigenvalue weighted by Gasteiger charge is 2.66. The molecule has 85 heavy (non-hydrogen) atoms. The van der Waals surface area contributed by atoms with E-state index >= 15 is 0 Å². The molecule has 0 heterocycles. The van der Waals surface area contributed by atoms with Crippen LogP contribution < -0.4 is 0 Å². The van der Waals surface area contributed by atoms with Crippen LogP contribution in [0.1, 0.15) is 242 Å². The number of esters is 5. The van der Waals surface area contributed by atoms with Gasteiger partial charge in [0.25, 0.3) is 0 Å². The Morgan fingerprint density at radius 2 is 0.741 bits per heavy atom. The molecule has 17 rings (SSSR count). The molecule has 17 aliphatic carbocycles. The second-order valence-corrected chi connectivity index (χ2v) is 31.5. The molecule has 0 aromatic carbocycles. The van der Waals surface area contributed by atoms with Crippen molar-refractivity contribution in [3.8, 4) is 0 Å². The summed E-state index contributed by atoms with van der Waals surface area (Å²) in [6.45, 7) is 35.5. The van der Waals surface area contributed by atoms with E-state index in [1.165, 1.54) is 83.5 Å². The fourth-order valence-corrected chi connectivity index (χ4v) is 21.5. The van der Waals surface area contributed by atoms with Gasteiger partial charge in [-0.05, 0) is 260 Å². The molecule has 3 N–H and O–H groups in total. The fourth-order valence-electron chi connectivity index (χ4n) is 21.5. The normalized spacial score (nSPS) is 42.1. The first kappa shape index (κ1) is 65.4. The Hall–Kier alpha value is -4.07. The molecule has 474 valence electrons. The summed E-state index contributed by atoms with van der Waals surface area (Å²) in [5.74, 6) is 6.48. The van der Waals surface area contributed by atoms with Crippen LogP contribution in [0.4, 0.5) is 0 Å². The lowest BCUT2D eigenvalue weighted by atomic mass is 9.47. The topological polar surface area (TPSA) is 192 Å². The zero-order valence-electron chi connectivity index (χ0n) is 53.7. The van der Waals surface area contributed by atoms with Gasteiger partial charge in [0.2, 0.25) is 0 Å². The van der Waals surface area contributed by atoms with Gasteiger partial charge in [0.15, 0.2) is 0 Å². The first-order valence-electron chi connectivity index (χ1n) is 33.3. The van der Waals surface area contributed by atoms with E-state index in [1.807, 2.05) is 0 Å². The van der Waals surface area contributed by atoms with E-state index in [4.69, 9.17) is 23.7 Å². The summed E-state index contributed by atoms with van der Waals surface area (Å²) < 4.78 is 28.8. The van der Waals surface area contributed by atoms with Gasteiger partial charge in [-0.25, -0.2) is 24.0 Å². The maximum Gasteiger partial charge on any atom is 0.333 e. The van der Waals surface area contributed by atoms with Crippen LogP contribution in [0.5, 0.6) is 0 Å². The van der Waals surface area contributed by atoms with Gasteiger partial charge in [0.05, 0.1) is 16.8 Å². The molecular weight excluding hydrogens is 1070 g/mol. The predicted octanol–water partition coefficient (Wildman–Crippen LogP) is 14.0. The zero-order valence-corrected chi connectivity index (χ0v) is 53.7. The molecule has 17 saturated carbocycles. The van der Waals surface area contributed by atoms with Gasteiger partial charge in [-0.15, -0.1) is 0 Å². The lowest BCUT2D eigenvalue weighted by Gasteiger charge is -2.62. The van der Waals surface area contributed by atoms with Gasteiger partial charge >= 0.3 is 29.8 Å². The molecule has 0 amide bonds. The molecule has 4 atom stereocenters. The second kappa shape index (κ2) is 24.4. The maximum atomic E-state index is 12.1. The van der Waals surface area contributed by atoms with Crippen molar-refractivity contribution in [1.82, 2.24) is 0 Å². The number of rotatable bonds is 13. The number of carbonyl (C=O) groups excluding carboxylic acids is 5. The third-order valence-corrected chi connectivity index (χ3v) is 23.7. The molecule has 17 fully saturated rings. The third-order valence-electron chi connectivity index (χ3n) is 23.7. The van der Waals surface area contributed by atoms with E-state index < -0.39 is 34.0 Å². The van der Waals surface area contributed by atoms with Crippen LogP contribution in [0.15, 0.2) is 60.8 Å². The Labute approximate surface area is 509 Å². The molecule has 0 radical (unpaired) electrons. The molecule has 17 aliphatic rings. The zero-order chi connectivity index (χ0) is 62.0. The Bertz CT molecular complexity index is 2540. The molecule has 13 nitrogen and oxygen atoms in total. The molecule has 4 unspecified atom stereocenters. The first-order valence-corrected chi connectivity index (χ1v) is 33.3. The van der Waals surface area contributed by atoms with Crippen molar-refractivity contribution in [3.63, 3.8) is 0 Å². The van der Waals surface area contributed by atoms with Gasteiger partial charge in [-0.2, -0.15) is 0 Å². The highest BCUT2D eigenvalue weighted by Crippen LogP contribution is 2.64. The number of hydrogen-bond donors (Lipinski definition) is 3. The summed E-state index contributed by atoms with van der Waals surface area (Å²) in [6.07, 6.45) is 28.4. The van der Waals surface area contributed by atoms with E-state index in [-0.39, 0.29) is 46.6 Å². The Kier molecular flexibility index (Phi) is 18.7. The number of carbonyl (C=O) groups is 5. The first-order chi connectivity index (χ1) is 39.7. The minimum absolute atomic E-state index is 0.163. The summed E-state index contributed by atoms with van der Waals surface area (Å²) >= 11 is 0. The average molecular weight is 1180 g/mol. The lowest BCUT2D eigenvalue weighted by Crippen LogP contribution is -2.66. The Balaban J connectivity index is 0.000000128. The van der Waals surface area contributed by atoms with Crippen molar-refractivity contribution in [2.24, 2.45) is 71.0 Å². The molecule has 0 saturated heterocycles. The lowest BCUT2D eigenvalue weighted by molar-refractivity contribution is -0.260. The fraction of sp³-hybridized carbons (Fsp3) is 0.792. The minimum atomic E-state index is -0.858. The SMILES string of the molecule is C=C(C)C(=O)OC1(C(C)C)C2CC3CC(C2)CC1C3.C=C(C)C(=O)OC1(CC)C2CC3CC(C2)CC1C3.C=C(C)C(=O)OC1(CC)CCCC1.C=C(C)C(=O)OC12CC3CC(CC(O)(C3)C1)C2.C=C(C)C(=O)OC12CC3CC(O)(CC(O)(C3)C1)C2. The molecule has 0 aromatic heterocycles. The number of aliphatic hydroxyl groups is 3. The van der Waals surface area contributed by atoms with Gasteiger partial charge < -0.3 is 39.0 Å². The van der Waals surface area contributed by atoms with Crippen LogP contribution in [-0.4, -0.2) is 90.0 Å². The van der Waals surface area contributed by atoms with Crippen LogP contribution in [-0.2, 0) is 47.7 Å². The van der Waals surface area contributed by atoms with E-state index in [0.717, 1.165) is 94.3 Å². The average Bonchev–Trinajstić information content (AvgIpc) is 1.12. The summed E-state index contributed by atoms with van der Waals surface area (Å²) in [6, 6.07) is 0. The predicted molar refractivity (Wildman–Crippen MR) is 327 cm³/mol. The second-order valence-electron chi connectivity index (χ2n) is 31.5. The molecular formula is C72H108O13. The van der Waals surface area contributed by atoms with Gasteiger partial charge in [-0.1, -0.05) is 60.6 Å².